The van der Waals surface area contributed by atoms with Crippen LogP contribution in [0.5, 0.6) is 0 Å². The van der Waals surface area contributed by atoms with Crippen molar-refractivity contribution in [2.75, 3.05) is 0 Å². The summed E-state index contributed by atoms with van der Waals surface area (Å²) < 4.78 is 18.7. The van der Waals surface area contributed by atoms with E-state index in [0.717, 1.165) is 82.7 Å². The van der Waals surface area contributed by atoms with Gasteiger partial charge in [0.1, 0.15) is 27.9 Å². The van der Waals surface area contributed by atoms with Gasteiger partial charge in [-0.25, -0.2) is 15.0 Å². The molecule has 47 heavy (non-hydrogen) atoms. The van der Waals surface area contributed by atoms with Gasteiger partial charge in [-0.2, -0.15) is 0 Å². The molecule has 0 unspecified atom stereocenters. The van der Waals surface area contributed by atoms with Crippen molar-refractivity contribution in [1.29, 1.82) is 0 Å². The van der Waals surface area contributed by atoms with Gasteiger partial charge in [-0.05, 0) is 42.0 Å². The van der Waals surface area contributed by atoms with Gasteiger partial charge in [-0.3, -0.25) is 0 Å². The Morgan fingerprint density at radius 1 is 0.362 bits per heavy atom. The Morgan fingerprint density at radius 3 is 1.49 bits per heavy atom. The summed E-state index contributed by atoms with van der Waals surface area (Å²) in [6.07, 6.45) is 1.80. The Kier molecular flexibility index (Phi) is 5.48. The zero-order valence-corrected chi connectivity index (χ0v) is 24.8. The monoisotopic (exact) mass is 605 g/mol. The topological polar surface area (TPSA) is 78.1 Å². The second-order valence-corrected chi connectivity index (χ2v) is 11.6. The number of para-hydroxylation sites is 5. The summed E-state index contributed by atoms with van der Waals surface area (Å²) in [6, 6.07) is 44.6. The van der Waals surface area contributed by atoms with Crippen LogP contribution in [-0.2, 0) is 0 Å². The molecule has 4 aromatic heterocycles. The van der Waals surface area contributed by atoms with Crippen molar-refractivity contribution in [3.05, 3.63) is 140 Å². The molecule has 220 valence electrons. The van der Waals surface area contributed by atoms with E-state index in [1.54, 1.807) is 6.26 Å². The summed E-state index contributed by atoms with van der Waals surface area (Å²) in [5.74, 6) is 1.57. The van der Waals surface area contributed by atoms with Crippen LogP contribution in [0.2, 0.25) is 0 Å². The van der Waals surface area contributed by atoms with Crippen molar-refractivity contribution in [2.24, 2.45) is 0 Å². The van der Waals surface area contributed by atoms with E-state index >= 15 is 0 Å². The fraction of sp³-hybridized carbons (Fsp3) is 0. The van der Waals surface area contributed by atoms with E-state index in [-0.39, 0.29) is 0 Å². The van der Waals surface area contributed by atoms with E-state index in [0.29, 0.717) is 17.5 Å². The largest absolute Gasteiger partial charge is 0.464 e. The average Bonchev–Trinajstić information content (AvgIpc) is 3.85. The SMILES string of the molecule is c1cc(-c2nc(-c3cccc4c3oc3ccccc34)nc(-c3cccc4c3oc3ccccc34)n2)cc(-c2coc3ccccc23)c1. The predicted octanol–water partition coefficient (Wildman–Crippen LogP) is 11.1. The van der Waals surface area contributed by atoms with Gasteiger partial charge in [-0.1, -0.05) is 97.1 Å². The highest BCUT2D eigenvalue weighted by Crippen LogP contribution is 2.39. The highest BCUT2D eigenvalue weighted by atomic mass is 16.3. The van der Waals surface area contributed by atoms with Gasteiger partial charge >= 0.3 is 0 Å². The lowest BCUT2D eigenvalue weighted by Gasteiger charge is -2.10. The summed E-state index contributed by atoms with van der Waals surface area (Å²) in [4.78, 5) is 15.3. The molecule has 0 aliphatic heterocycles. The van der Waals surface area contributed by atoms with Crippen LogP contribution in [0.3, 0.4) is 0 Å². The number of fused-ring (bicyclic) bond motifs is 7. The van der Waals surface area contributed by atoms with Crippen LogP contribution in [0.1, 0.15) is 0 Å². The lowest BCUT2D eigenvalue weighted by atomic mass is 10.0. The molecule has 0 spiro atoms. The van der Waals surface area contributed by atoms with E-state index < -0.39 is 0 Å². The Bertz CT molecular complexity index is 2690. The highest BCUT2D eigenvalue weighted by Gasteiger charge is 2.20. The van der Waals surface area contributed by atoms with E-state index in [4.69, 9.17) is 28.2 Å². The van der Waals surface area contributed by atoms with Gasteiger partial charge in [0.25, 0.3) is 0 Å². The minimum Gasteiger partial charge on any atom is -0.464 e. The predicted molar refractivity (Wildman–Crippen MR) is 186 cm³/mol. The van der Waals surface area contributed by atoms with Crippen molar-refractivity contribution in [3.8, 4) is 45.3 Å². The van der Waals surface area contributed by atoms with Gasteiger partial charge in [0, 0.05) is 38.1 Å². The number of aromatic nitrogens is 3. The maximum atomic E-state index is 6.42. The zero-order chi connectivity index (χ0) is 30.9. The van der Waals surface area contributed by atoms with Crippen LogP contribution in [-0.4, -0.2) is 15.0 Å². The molecule has 0 N–H and O–H groups in total. The summed E-state index contributed by atoms with van der Waals surface area (Å²) >= 11 is 0. The molecule has 4 heterocycles. The average molecular weight is 606 g/mol. The van der Waals surface area contributed by atoms with E-state index in [1.807, 2.05) is 91.0 Å². The first-order valence-corrected chi connectivity index (χ1v) is 15.4. The van der Waals surface area contributed by atoms with Gasteiger partial charge in [0.2, 0.25) is 0 Å². The Hall–Kier alpha value is -6.53. The molecule has 6 heteroatoms. The van der Waals surface area contributed by atoms with Crippen molar-refractivity contribution in [3.63, 3.8) is 0 Å². The molecule has 10 aromatic rings. The maximum absolute atomic E-state index is 6.42. The normalized spacial score (nSPS) is 11.8. The number of hydrogen-bond acceptors (Lipinski definition) is 6. The van der Waals surface area contributed by atoms with Crippen molar-refractivity contribution in [1.82, 2.24) is 15.0 Å². The molecule has 0 radical (unpaired) electrons. The van der Waals surface area contributed by atoms with Crippen LogP contribution in [0, 0.1) is 0 Å². The number of nitrogens with zero attached hydrogens (tertiary/aromatic N) is 3. The number of furan rings is 3. The van der Waals surface area contributed by atoms with Crippen LogP contribution in [0.25, 0.3) is 100 Å². The first-order chi connectivity index (χ1) is 23.3. The summed E-state index contributed by atoms with van der Waals surface area (Å²) in [6.45, 7) is 0. The van der Waals surface area contributed by atoms with Crippen LogP contribution >= 0.6 is 0 Å². The third kappa shape index (κ3) is 4.02. The van der Waals surface area contributed by atoms with Gasteiger partial charge in [-0.15, -0.1) is 0 Å². The lowest BCUT2D eigenvalue weighted by Crippen LogP contribution is -2.00. The Labute approximate surface area is 267 Å². The first kappa shape index (κ1) is 25.8. The zero-order valence-electron chi connectivity index (χ0n) is 24.8. The number of benzene rings is 6. The quantitative estimate of drug-likeness (QED) is 0.199. The minimum atomic E-state index is 0.516. The molecular weight excluding hydrogens is 582 g/mol. The van der Waals surface area contributed by atoms with E-state index in [2.05, 4.69) is 42.5 Å². The smallest absolute Gasteiger partial charge is 0.167 e. The summed E-state index contributed by atoms with van der Waals surface area (Å²) in [5.41, 5.74) is 8.39. The minimum absolute atomic E-state index is 0.516. The molecule has 0 aliphatic rings. The molecule has 0 aliphatic carbocycles. The molecule has 0 amide bonds. The molecule has 0 fully saturated rings. The third-order valence-electron chi connectivity index (χ3n) is 8.84. The Morgan fingerprint density at radius 2 is 0.851 bits per heavy atom. The van der Waals surface area contributed by atoms with E-state index in [1.165, 1.54) is 0 Å². The first-order valence-electron chi connectivity index (χ1n) is 15.4. The highest BCUT2D eigenvalue weighted by molar-refractivity contribution is 6.10. The molecule has 0 saturated carbocycles. The maximum Gasteiger partial charge on any atom is 0.167 e. The number of hydrogen-bond donors (Lipinski definition) is 0. The van der Waals surface area contributed by atoms with Crippen molar-refractivity contribution >= 4 is 54.8 Å². The molecule has 6 aromatic carbocycles. The molecule has 10 rings (SSSR count). The fourth-order valence-corrected chi connectivity index (χ4v) is 6.62. The molecule has 0 bridgehead atoms. The van der Waals surface area contributed by atoms with Crippen molar-refractivity contribution < 1.29 is 13.3 Å². The number of rotatable bonds is 4. The van der Waals surface area contributed by atoms with Gasteiger partial charge in [0.15, 0.2) is 17.5 Å². The summed E-state index contributed by atoms with van der Waals surface area (Å²) in [7, 11) is 0. The van der Waals surface area contributed by atoms with E-state index in [9.17, 15) is 0 Å². The molecule has 0 atom stereocenters. The van der Waals surface area contributed by atoms with Crippen LogP contribution in [0.15, 0.2) is 153 Å². The fourth-order valence-electron chi connectivity index (χ4n) is 6.62. The second kappa shape index (κ2) is 9.99. The lowest BCUT2D eigenvalue weighted by molar-refractivity contribution is 0.617. The molecule has 0 saturated heterocycles. The third-order valence-corrected chi connectivity index (χ3v) is 8.84. The summed E-state index contributed by atoms with van der Waals surface area (Å²) in [5, 5.41) is 5.16. The molecule has 6 nitrogen and oxygen atoms in total. The van der Waals surface area contributed by atoms with Gasteiger partial charge < -0.3 is 13.3 Å². The molecular formula is C41H23N3O3. The standard InChI is InChI=1S/C41H23N3O3/c1-4-19-34-28(14-1)33(23-45-34)24-10-7-11-25(22-24)39-42-40(31-17-8-15-29-26-12-2-5-20-35(26)46-37(29)31)44-41(43-39)32-18-9-16-30-27-13-3-6-21-36(27)47-38(30)32/h1-23H. The second-order valence-electron chi connectivity index (χ2n) is 11.6. The Balaban J connectivity index is 1.23. The van der Waals surface area contributed by atoms with Crippen LogP contribution in [0.4, 0.5) is 0 Å². The van der Waals surface area contributed by atoms with Crippen LogP contribution < -0.4 is 0 Å². The van der Waals surface area contributed by atoms with Gasteiger partial charge in [0.05, 0.1) is 17.4 Å². The van der Waals surface area contributed by atoms with Crippen molar-refractivity contribution in [2.45, 2.75) is 0 Å².